The Labute approximate surface area is 49.1 Å². The highest BCUT2D eigenvalue weighted by atomic mass is 32.1. The van der Waals surface area contributed by atoms with Crippen LogP contribution in [0.15, 0.2) is 0 Å². The molecule has 6 heteroatoms. The number of thiol groups is 1. The molecule has 0 radical (unpaired) electrons. The first-order chi connectivity index (χ1) is 3.56. The molecule has 0 aliphatic rings. The van der Waals surface area contributed by atoms with Crippen molar-refractivity contribution in [1.82, 2.24) is 0 Å². The third kappa shape index (κ3) is 6.06. The van der Waals surface area contributed by atoms with Gasteiger partial charge in [0.1, 0.15) is 0 Å². The molecule has 0 saturated carbocycles. The normalized spacial score (nSPS) is 12.0. The van der Waals surface area contributed by atoms with Gasteiger partial charge in [-0.2, -0.15) is 17.5 Å². The summed E-state index contributed by atoms with van der Waals surface area (Å²) in [4.78, 5) is 3.44. The second kappa shape index (κ2) is 3.16. The standard InChI is InChI=1S/C2H3F3O2S/c3-2(4,5)1-6-7-8/h8H,1H2. The van der Waals surface area contributed by atoms with Gasteiger partial charge in [-0.05, 0) is 0 Å². The van der Waals surface area contributed by atoms with Gasteiger partial charge in [-0.25, -0.2) is 4.89 Å². The molecule has 0 aromatic carbocycles. The summed E-state index contributed by atoms with van der Waals surface area (Å²) in [6.07, 6.45) is -4.34. The molecule has 0 aliphatic heterocycles. The molecule has 0 atom stereocenters. The van der Waals surface area contributed by atoms with Crippen LogP contribution in [0.5, 0.6) is 0 Å². The van der Waals surface area contributed by atoms with Gasteiger partial charge in [0.15, 0.2) is 6.61 Å². The molecule has 0 bridgehead atoms. The molecule has 0 saturated heterocycles. The molecular formula is C2H3F3O2S. The minimum atomic E-state index is -4.34. The molecule has 2 nitrogen and oxygen atoms in total. The minimum absolute atomic E-state index is 1.43. The molecule has 0 aliphatic carbocycles. The topological polar surface area (TPSA) is 18.5 Å². The van der Waals surface area contributed by atoms with Gasteiger partial charge in [-0.3, -0.25) is 0 Å². The SMILES string of the molecule is FC(F)(F)COOS. The van der Waals surface area contributed by atoms with E-state index in [1.807, 2.05) is 0 Å². The fourth-order valence-electron chi connectivity index (χ4n) is 0.0932. The Hall–Kier alpha value is 0.0600. The van der Waals surface area contributed by atoms with Gasteiger partial charge < -0.3 is 0 Å². The summed E-state index contributed by atoms with van der Waals surface area (Å²) < 4.78 is 36.4. The maximum absolute atomic E-state index is 11.0. The Morgan fingerprint density at radius 2 is 1.88 bits per heavy atom. The average molecular weight is 148 g/mol. The number of rotatable bonds is 2. The lowest BCUT2D eigenvalue weighted by Crippen LogP contribution is -2.15. The van der Waals surface area contributed by atoms with E-state index >= 15 is 0 Å². The lowest BCUT2D eigenvalue weighted by Gasteiger charge is -2.01. The first-order valence-electron chi connectivity index (χ1n) is 1.56. The molecule has 0 aromatic rings. The van der Waals surface area contributed by atoms with Crippen LogP contribution >= 0.6 is 12.9 Å². The number of hydrogen-bond acceptors (Lipinski definition) is 3. The summed E-state index contributed by atoms with van der Waals surface area (Å²) in [5.41, 5.74) is 0. The van der Waals surface area contributed by atoms with Crippen molar-refractivity contribution in [3.63, 3.8) is 0 Å². The van der Waals surface area contributed by atoms with E-state index in [1.165, 1.54) is 0 Å². The van der Waals surface area contributed by atoms with E-state index in [4.69, 9.17) is 0 Å². The van der Waals surface area contributed by atoms with E-state index in [0.29, 0.717) is 0 Å². The van der Waals surface area contributed by atoms with Crippen LogP contribution in [0.25, 0.3) is 0 Å². The number of hydrogen-bond donors (Lipinski definition) is 1. The van der Waals surface area contributed by atoms with Gasteiger partial charge >= 0.3 is 6.18 Å². The Morgan fingerprint density at radius 3 is 2.00 bits per heavy atom. The number of alkyl halides is 3. The first kappa shape index (κ1) is 8.06. The van der Waals surface area contributed by atoms with E-state index < -0.39 is 12.8 Å². The number of halogens is 3. The lowest BCUT2D eigenvalue weighted by molar-refractivity contribution is -0.273. The molecule has 0 spiro atoms. The van der Waals surface area contributed by atoms with Crippen LogP contribution in [0, 0.1) is 0 Å². The fraction of sp³-hybridized carbons (Fsp3) is 1.00. The Kier molecular flexibility index (Phi) is 3.18. The second-order valence-electron chi connectivity index (χ2n) is 0.952. The highest BCUT2D eigenvalue weighted by Gasteiger charge is 2.28. The predicted molar refractivity (Wildman–Crippen MR) is 22.1 cm³/mol. The molecule has 0 unspecified atom stereocenters. The summed E-state index contributed by atoms with van der Waals surface area (Å²) in [5, 5.41) is 0. The van der Waals surface area contributed by atoms with Crippen molar-refractivity contribution in [3.8, 4) is 0 Å². The zero-order valence-electron chi connectivity index (χ0n) is 3.60. The summed E-state index contributed by atoms with van der Waals surface area (Å²) in [6.45, 7) is -1.43. The van der Waals surface area contributed by atoms with Gasteiger partial charge in [-0.15, -0.1) is 0 Å². The smallest absolute Gasteiger partial charge is 0.215 e. The minimum Gasteiger partial charge on any atom is -0.215 e. The molecule has 0 fully saturated rings. The third-order valence-electron chi connectivity index (χ3n) is 0.275. The van der Waals surface area contributed by atoms with Crippen molar-refractivity contribution in [1.29, 1.82) is 0 Å². The van der Waals surface area contributed by atoms with Crippen molar-refractivity contribution in [3.05, 3.63) is 0 Å². The van der Waals surface area contributed by atoms with Crippen LogP contribution in [0.2, 0.25) is 0 Å². The van der Waals surface area contributed by atoms with E-state index in [2.05, 4.69) is 22.1 Å². The summed E-state index contributed by atoms with van der Waals surface area (Å²) in [6, 6.07) is 0. The van der Waals surface area contributed by atoms with Gasteiger partial charge in [0.25, 0.3) is 0 Å². The van der Waals surface area contributed by atoms with E-state index in [1.54, 1.807) is 0 Å². The average Bonchev–Trinajstić information content (AvgIpc) is 1.59. The third-order valence-corrected chi connectivity index (χ3v) is 0.381. The maximum atomic E-state index is 11.0. The van der Waals surface area contributed by atoms with Crippen molar-refractivity contribution in [2.75, 3.05) is 6.61 Å². The van der Waals surface area contributed by atoms with Gasteiger partial charge in [0.2, 0.25) is 0 Å². The molecule has 0 N–H and O–H groups in total. The molecule has 0 heterocycles. The maximum Gasteiger partial charge on any atom is 0.415 e. The van der Waals surface area contributed by atoms with Crippen molar-refractivity contribution < 1.29 is 22.4 Å². The van der Waals surface area contributed by atoms with Crippen LogP contribution in [-0.4, -0.2) is 12.8 Å². The van der Waals surface area contributed by atoms with Crippen molar-refractivity contribution >= 4 is 12.9 Å². The van der Waals surface area contributed by atoms with Crippen molar-refractivity contribution in [2.24, 2.45) is 0 Å². The molecular weight excluding hydrogens is 145 g/mol. The summed E-state index contributed by atoms with van der Waals surface area (Å²) >= 11 is 2.91. The molecule has 0 amide bonds. The second-order valence-corrected chi connectivity index (χ2v) is 1.10. The van der Waals surface area contributed by atoms with Crippen LogP contribution in [0.3, 0.4) is 0 Å². The van der Waals surface area contributed by atoms with E-state index in [0.717, 1.165) is 0 Å². The van der Waals surface area contributed by atoms with Crippen molar-refractivity contribution in [2.45, 2.75) is 6.18 Å². The van der Waals surface area contributed by atoms with Crippen LogP contribution in [-0.2, 0) is 9.22 Å². The Bertz CT molecular complexity index is 62.8. The lowest BCUT2D eigenvalue weighted by atomic mass is 10.7. The van der Waals surface area contributed by atoms with Crippen LogP contribution < -0.4 is 0 Å². The Morgan fingerprint density at radius 1 is 1.38 bits per heavy atom. The zero-order valence-corrected chi connectivity index (χ0v) is 4.50. The highest BCUT2D eigenvalue weighted by molar-refractivity contribution is 7.74. The summed E-state index contributed by atoms with van der Waals surface area (Å²) in [7, 11) is 0. The van der Waals surface area contributed by atoms with Gasteiger partial charge in [0.05, 0.1) is 0 Å². The predicted octanol–water partition coefficient (Wildman–Crippen LogP) is 1.34. The molecule has 0 rings (SSSR count). The monoisotopic (exact) mass is 148 g/mol. The van der Waals surface area contributed by atoms with Crippen LogP contribution in [0.4, 0.5) is 13.2 Å². The largest absolute Gasteiger partial charge is 0.415 e. The van der Waals surface area contributed by atoms with Gasteiger partial charge in [0, 0.05) is 12.9 Å². The van der Waals surface area contributed by atoms with E-state index in [-0.39, 0.29) is 0 Å². The first-order valence-corrected chi connectivity index (χ1v) is 1.92. The highest BCUT2D eigenvalue weighted by Crippen LogP contribution is 2.14. The molecule has 8 heavy (non-hydrogen) atoms. The quantitative estimate of drug-likeness (QED) is 0.276. The van der Waals surface area contributed by atoms with Gasteiger partial charge in [-0.1, -0.05) is 0 Å². The van der Waals surface area contributed by atoms with E-state index in [9.17, 15) is 13.2 Å². The summed E-state index contributed by atoms with van der Waals surface area (Å²) in [5.74, 6) is 0. The Balaban J connectivity index is 3.11. The zero-order chi connectivity index (χ0) is 6.62. The fourth-order valence-corrected chi connectivity index (χ4v) is 0.146. The molecule has 50 valence electrons. The molecule has 0 aromatic heterocycles. The van der Waals surface area contributed by atoms with Crippen LogP contribution in [0.1, 0.15) is 0 Å².